The summed E-state index contributed by atoms with van der Waals surface area (Å²) in [6, 6.07) is 10.4. The van der Waals surface area contributed by atoms with Crippen LogP contribution in [0.1, 0.15) is 45.1 Å². The Kier molecular flexibility index (Phi) is 8.53. The molecule has 0 N–H and O–H groups in total. The van der Waals surface area contributed by atoms with Crippen molar-refractivity contribution >= 4 is 0 Å². The van der Waals surface area contributed by atoms with Gasteiger partial charge in [0, 0.05) is 19.6 Å². The predicted octanol–water partition coefficient (Wildman–Crippen LogP) is 4.19. The molecule has 0 amide bonds. The molecule has 0 saturated carbocycles. The molecule has 102 valence electrons. The van der Waals surface area contributed by atoms with Crippen LogP contribution in [0.25, 0.3) is 0 Å². The monoisotopic (exact) mass is 250 g/mol. The van der Waals surface area contributed by atoms with E-state index in [0.29, 0.717) is 0 Å². The number of unbranched alkanes of at least 4 members (excludes halogenated alkanes) is 2. The number of ether oxygens (including phenoxy) is 2. The summed E-state index contributed by atoms with van der Waals surface area (Å²) in [5, 5.41) is 0. The van der Waals surface area contributed by atoms with E-state index in [2.05, 4.69) is 38.1 Å². The van der Waals surface area contributed by atoms with Gasteiger partial charge in [-0.2, -0.15) is 0 Å². The largest absolute Gasteiger partial charge is 0.352 e. The van der Waals surface area contributed by atoms with E-state index in [9.17, 15) is 0 Å². The summed E-state index contributed by atoms with van der Waals surface area (Å²) >= 11 is 0. The molecule has 0 heterocycles. The van der Waals surface area contributed by atoms with Crippen molar-refractivity contribution in [1.82, 2.24) is 0 Å². The SMILES string of the molecule is CCCCOC(Cc1ccccc1)OCCCC. The van der Waals surface area contributed by atoms with Crippen molar-refractivity contribution in [2.24, 2.45) is 0 Å². The normalized spacial score (nSPS) is 11.1. The molecule has 0 radical (unpaired) electrons. The van der Waals surface area contributed by atoms with Gasteiger partial charge in [0.05, 0.1) is 0 Å². The molecule has 0 atom stereocenters. The highest BCUT2D eigenvalue weighted by molar-refractivity contribution is 5.15. The average molecular weight is 250 g/mol. The molecule has 1 aromatic rings. The van der Waals surface area contributed by atoms with E-state index in [1.54, 1.807) is 0 Å². The standard InChI is InChI=1S/C16H26O2/c1-3-5-12-17-16(18-13-6-4-2)14-15-10-8-7-9-11-15/h7-11,16H,3-6,12-14H2,1-2H3. The third-order valence-electron chi connectivity index (χ3n) is 2.85. The van der Waals surface area contributed by atoms with E-state index in [1.807, 2.05) is 6.07 Å². The molecule has 0 spiro atoms. The van der Waals surface area contributed by atoms with Gasteiger partial charge in [0.2, 0.25) is 0 Å². The summed E-state index contributed by atoms with van der Waals surface area (Å²) in [5.74, 6) is 0. The summed E-state index contributed by atoms with van der Waals surface area (Å²) in [7, 11) is 0. The predicted molar refractivity (Wildman–Crippen MR) is 75.7 cm³/mol. The van der Waals surface area contributed by atoms with Crippen LogP contribution in [-0.2, 0) is 15.9 Å². The Morgan fingerprint density at radius 2 is 1.44 bits per heavy atom. The summed E-state index contributed by atoms with van der Waals surface area (Å²) in [4.78, 5) is 0. The summed E-state index contributed by atoms with van der Waals surface area (Å²) < 4.78 is 11.6. The van der Waals surface area contributed by atoms with Crippen molar-refractivity contribution in [3.63, 3.8) is 0 Å². The smallest absolute Gasteiger partial charge is 0.161 e. The van der Waals surface area contributed by atoms with Crippen LogP contribution < -0.4 is 0 Å². The van der Waals surface area contributed by atoms with E-state index >= 15 is 0 Å². The topological polar surface area (TPSA) is 18.5 Å². The Morgan fingerprint density at radius 3 is 1.94 bits per heavy atom. The molecule has 1 aromatic carbocycles. The maximum atomic E-state index is 5.81. The Hall–Kier alpha value is -0.860. The van der Waals surface area contributed by atoms with Crippen LogP contribution in [0.4, 0.5) is 0 Å². The van der Waals surface area contributed by atoms with Crippen molar-refractivity contribution in [3.8, 4) is 0 Å². The molecule has 0 aliphatic carbocycles. The van der Waals surface area contributed by atoms with Crippen LogP contribution in [0, 0.1) is 0 Å². The number of hydrogen-bond donors (Lipinski definition) is 0. The lowest BCUT2D eigenvalue weighted by Gasteiger charge is -2.18. The molecule has 18 heavy (non-hydrogen) atoms. The minimum Gasteiger partial charge on any atom is -0.352 e. The number of benzene rings is 1. The van der Waals surface area contributed by atoms with Gasteiger partial charge < -0.3 is 9.47 Å². The van der Waals surface area contributed by atoms with Crippen molar-refractivity contribution < 1.29 is 9.47 Å². The van der Waals surface area contributed by atoms with Gasteiger partial charge in [-0.25, -0.2) is 0 Å². The molecule has 0 unspecified atom stereocenters. The first kappa shape index (κ1) is 15.2. The zero-order valence-electron chi connectivity index (χ0n) is 11.7. The third-order valence-corrected chi connectivity index (χ3v) is 2.85. The summed E-state index contributed by atoms with van der Waals surface area (Å²) in [6.45, 7) is 5.93. The van der Waals surface area contributed by atoms with E-state index in [4.69, 9.17) is 9.47 Å². The molecule has 2 nitrogen and oxygen atoms in total. The summed E-state index contributed by atoms with van der Waals surface area (Å²) in [6.07, 6.45) is 5.27. The van der Waals surface area contributed by atoms with Crippen molar-refractivity contribution in [2.75, 3.05) is 13.2 Å². The molecular formula is C16H26O2. The second-order valence-electron chi connectivity index (χ2n) is 4.57. The van der Waals surface area contributed by atoms with E-state index in [1.165, 1.54) is 5.56 Å². The third kappa shape index (κ3) is 6.77. The maximum absolute atomic E-state index is 5.81. The van der Waals surface area contributed by atoms with Gasteiger partial charge in [-0.1, -0.05) is 57.0 Å². The molecule has 0 bridgehead atoms. The first-order chi connectivity index (χ1) is 8.86. The lowest BCUT2D eigenvalue weighted by Crippen LogP contribution is -2.21. The van der Waals surface area contributed by atoms with Crippen LogP contribution >= 0.6 is 0 Å². The van der Waals surface area contributed by atoms with Crippen molar-refractivity contribution in [3.05, 3.63) is 35.9 Å². The van der Waals surface area contributed by atoms with E-state index < -0.39 is 0 Å². The number of hydrogen-bond acceptors (Lipinski definition) is 2. The Balaban J connectivity index is 2.37. The molecule has 1 rings (SSSR count). The van der Waals surface area contributed by atoms with Crippen LogP contribution in [-0.4, -0.2) is 19.5 Å². The van der Waals surface area contributed by atoms with Gasteiger partial charge in [0.15, 0.2) is 6.29 Å². The highest BCUT2D eigenvalue weighted by Crippen LogP contribution is 2.09. The highest BCUT2D eigenvalue weighted by atomic mass is 16.7. The Labute approximate surface area is 111 Å². The Bertz CT molecular complexity index is 274. The van der Waals surface area contributed by atoms with Gasteiger partial charge in [0.25, 0.3) is 0 Å². The fourth-order valence-electron chi connectivity index (χ4n) is 1.69. The molecule has 0 saturated heterocycles. The lowest BCUT2D eigenvalue weighted by molar-refractivity contribution is -0.142. The van der Waals surface area contributed by atoms with Gasteiger partial charge in [0.1, 0.15) is 0 Å². The minimum atomic E-state index is -0.0921. The van der Waals surface area contributed by atoms with Gasteiger partial charge in [-0.15, -0.1) is 0 Å². The second-order valence-corrected chi connectivity index (χ2v) is 4.57. The van der Waals surface area contributed by atoms with Gasteiger partial charge >= 0.3 is 0 Å². The van der Waals surface area contributed by atoms with Crippen molar-refractivity contribution in [2.45, 2.75) is 52.2 Å². The zero-order valence-corrected chi connectivity index (χ0v) is 11.7. The first-order valence-electron chi connectivity index (χ1n) is 7.14. The molecular weight excluding hydrogens is 224 g/mol. The van der Waals surface area contributed by atoms with Gasteiger partial charge in [-0.05, 0) is 18.4 Å². The minimum absolute atomic E-state index is 0.0921. The maximum Gasteiger partial charge on any atom is 0.161 e. The molecule has 0 aromatic heterocycles. The molecule has 0 aliphatic heterocycles. The van der Waals surface area contributed by atoms with E-state index in [0.717, 1.165) is 45.3 Å². The molecule has 0 fully saturated rings. The lowest BCUT2D eigenvalue weighted by atomic mass is 10.1. The van der Waals surface area contributed by atoms with Crippen LogP contribution in [0.2, 0.25) is 0 Å². The average Bonchev–Trinajstić information content (AvgIpc) is 2.40. The highest BCUT2D eigenvalue weighted by Gasteiger charge is 2.09. The van der Waals surface area contributed by atoms with Gasteiger partial charge in [-0.3, -0.25) is 0 Å². The van der Waals surface area contributed by atoms with Crippen LogP contribution in [0.3, 0.4) is 0 Å². The fraction of sp³-hybridized carbons (Fsp3) is 0.625. The summed E-state index contributed by atoms with van der Waals surface area (Å²) in [5.41, 5.74) is 1.27. The zero-order chi connectivity index (χ0) is 13.1. The number of rotatable bonds is 10. The first-order valence-corrected chi connectivity index (χ1v) is 7.14. The quantitative estimate of drug-likeness (QED) is 0.458. The Morgan fingerprint density at radius 1 is 0.889 bits per heavy atom. The van der Waals surface area contributed by atoms with Crippen LogP contribution in [0.5, 0.6) is 0 Å². The van der Waals surface area contributed by atoms with Crippen molar-refractivity contribution in [1.29, 1.82) is 0 Å². The second kappa shape index (κ2) is 10.1. The molecule has 2 heteroatoms. The van der Waals surface area contributed by atoms with E-state index in [-0.39, 0.29) is 6.29 Å². The fourth-order valence-corrected chi connectivity index (χ4v) is 1.69. The molecule has 0 aliphatic rings. The van der Waals surface area contributed by atoms with Crippen LogP contribution in [0.15, 0.2) is 30.3 Å².